The van der Waals surface area contributed by atoms with Crippen LogP contribution in [0.25, 0.3) is 22.2 Å². The van der Waals surface area contributed by atoms with Gasteiger partial charge in [-0.25, -0.2) is 9.49 Å². The average molecular weight is 462 g/mol. The van der Waals surface area contributed by atoms with Gasteiger partial charge in [0, 0.05) is 12.1 Å². The molecule has 0 unspecified atom stereocenters. The van der Waals surface area contributed by atoms with Gasteiger partial charge in [-0.05, 0) is 43.0 Å². The van der Waals surface area contributed by atoms with Crippen LogP contribution >= 0.6 is 0 Å². The number of H-pyrrole nitrogens is 1. The second-order valence-corrected chi connectivity index (χ2v) is 8.26. The number of nitrogens with two attached hydrogens (primary N) is 1. The third-order valence-electron chi connectivity index (χ3n) is 6.17. The van der Waals surface area contributed by atoms with Crippen LogP contribution in [0.5, 0.6) is 5.75 Å². The Hall–Kier alpha value is -4.21. The summed E-state index contributed by atoms with van der Waals surface area (Å²) in [6, 6.07) is 11.4. The van der Waals surface area contributed by atoms with Crippen molar-refractivity contribution in [2.24, 2.45) is 0 Å². The number of hydrogen-bond donors (Lipinski definition) is 3. The Labute approximate surface area is 193 Å². The number of rotatable bonds is 6. The van der Waals surface area contributed by atoms with Gasteiger partial charge in [-0.2, -0.15) is 10.2 Å². The topological polar surface area (TPSA) is 128 Å². The van der Waals surface area contributed by atoms with Crippen LogP contribution in [0.1, 0.15) is 41.2 Å². The van der Waals surface area contributed by atoms with Gasteiger partial charge in [-0.1, -0.05) is 24.3 Å². The van der Waals surface area contributed by atoms with Gasteiger partial charge in [0.15, 0.2) is 5.82 Å². The van der Waals surface area contributed by atoms with Crippen molar-refractivity contribution >= 4 is 22.6 Å². The number of halogens is 1. The van der Waals surface area contributed by atoms with Gasteiger partial charge in [0.05, 0.1) is 24.1 Å². The van der Waals surface area contributed by atoms with E-state index in [9.17, 15) is 14.0 Å². The molecule has 2 heterocycles. The molecule has 5 rings (SSSR count). The number of ether oxygens (including phenoxy) is 1. The van der Waals surface area contributed by atoms with Crippen molar-refractivity contribution in [3.63, 3.8) is 0 Å². The Morgan fingerprint density at radius 3 is 2.71 bits per heavy atom. The minimum Gasteiger partial charge on any atom is -0.496 e. The monoisotopic (exact) mass is 462 g/mol. The van der Waals surface area contributed by atoms with Crippen molar-refractivity contribution in [3.8, 4) is 17.0 Å². The SMILES string of the molecule is COc1ccc(F)cc1C(=O)NCc1ccc(-c2nn(C3CCC3)c3c(=O)[nH]nc(N)c23)cc1. The molecule has 0 spiro atoms. The molecule has 9 nitrogen and oxygen atoms in total. The molecule has 4 aromatic rings. The van der Waals surface area contributed by atoms with Gasteiger partial charge in [-0.15, -0.1) is 0 Å². The normalized spacial score (nSPS) is 13.6. The quantitative estimate of drug-likeness (QED) is 0.404. The molecule has 174 valence electrons. The lowest BCUT2D eigenvalue weighted by molar-refractivity contribution is 0.0947. The largest absolute Gasteiger partial charge is 0.496 e. The first-order valence-corrected chi connectivity index (χ1v) is 10.9. The Morgan fingerprint density at radius 1 is 1.26 bits per heavy atom. The number of hydrogen-bond acceptors (Lipinski definition) is 6. The van der Waals surface area contributed by atoms with E-state index < -0.39 is 11.7 Å². The number of aromatic nitrogens is 4. The van der Waals surface area contributed by atoms with E-state index in [0.717, 1.165) is 36.5 Å². The Kier molecular flexibility index (Phi) is 5.48. The van der Waals surface area contributed by atoms with E-state index in [1.165, 1.54) is 19.2 Å². The maximum atomic E-state index is 13.6. The number of carbonyl (C=O) groups is 1. The molecule has 0 bridgehead atoms. The van der Waals surface area contributed by atoms with E-state index in [0.29, 0.717) is 22.3 Å². The Morgan fingerprint density at radius 2 is 2.03 bits per heavy atom. The van der Waals surface area contributed by atoms with Crippen LogP contribution in [0.3, 0.4) is 0 Å². The summed E-state index contributed by atoms with van der Waals surface area (Å²) in [6.45, 7) is 0.236. The van der Waals surface area contributed by atoms with Crippen LogP contribution in [0.4, 0.5) is 10.2 Å². The molecule has 1 fully saturated rings. The predicted octanol–water partition coefficient (Wildman–Crippen LogP) is 3.17. The van der Waals surface area contributed by atoms with Crippen LogP contribution < -0.4 is 21.3 Å². The fraction of sp³-hybridized carbons (Fsp3) is 0.250. The molecule has 10 heteroatoms. The van der Waals surface area contributed by atoms with Crippen LogP contribution in [-0.2, 0) is 6.54 Å². The summed E-state index contributed by atoms with van der Waals surface area (Å²) in [5.41, 5.74) is 8.57. The smallest absolute Gasteiger partial charge is 0.290 e. The highest BCUT2D eigenvalue weighted by atomic mass is 19.1. The Bertz CT molecular complexity index is 1440. The minimum absolute atomic E-state index is 0.125. The molecule has 34 heavy (non-hydrogen) atoms. The van der Waals surface area contributed by atoms with Gasteiger partial charge in [0.25, 0.3) is 11.5 Å². The van der Waals surface area contributed by atoms with E-state index in [4.69, 9.17) is 15.6 Å². The summed E-state index contributed by atoms with van der Waals surface area (Å²) in [4.78, 5) is 25.1. The summed E-state index contributed by atoms with van der Waals surface area (Å²) in [7, 11) is 1.43. The van der Waals surface area contributed by atoms with Gasteiger partial charge >= 0.3 is 0 Å². The molecule has 2 aromatic carbocycles. The van der Waals surface area contributed by atoms with Crippen molar-refractivity contribution in [1.29, 1.82) is 0 Å². The van der Waals surface area contributed by atoms with Crippen molar-refractivity contribution < 1.29 is 13.9 Å². The highest BCUT2D eigenvalue weighted by molar-refractivity contribution is 5.99. The van der Waals surface area contributed by atoms with E-state index >= 15 is 0 Å². The number of carbonyl (C=O) groups excluding carboxylic acids is 1. The number of nitrogens with zero attached hydrogens (tertiary/aromatic N) is 3. The molecule has 2 aromatic heterocycles. The van der Waals surface area contributed by atoms with Gasteiger partial charge in [0.1, 0.15) is 22.8 Å². The van der Waals surface area contributed by atoms with Crippen LogP contribution in [0, 0.1) is 5.82 Å². The maximum absolute atomic E-state index is 13.6. The minimum atomic E-state index is -0.517. The summed E-state index contributed by atoms with van der Waals surface area (Å²) >= 11 is 0. The number of fused-ring (bicyclic) bond motifs is 1. The van der Waals surface area contributed by atoms with Crippen molar-refractivity contribution in [2.45, 2.75) is 31.8 Å². The van der Waals surface area contributed by atoms with Gasteiger partial charge in [0.2, 0.25) is 0 Å². The molecular formula is C24H23FN6O3. The zero-order valence-electron chi connectivity index (χ0n) is 18.5. The van der Waals surface area contributed by atoms with E-state index in [2.05, 4.69) is 15.5 Å². The number of amides is 1. The van der Waals surface area contributed by atoms with Crippen molar-refractivity contribution in [2.75, 3.05) is 12.8 Å². The molecular weight excluding hydrogens is 439 g/mol. The Balaban J connectivity index is 1.40. The number of anilines is 1. The van der Waals surface area contributed by atoms with Crippen LogP contribution in [0.2, 0.25) is 0 Å². The summed E-state index contributed by atoms with van der Waals surface area (Å²) < 4.78 is 20.5. The predicted molar refractivity (Wildman–Crippen MR) is 125 cm³/mol. The fourth-order valence-corrected chi connectivity index (χ4v) is 4.13. The standard InChI is InChI=1S/C24H23FN6O3/c1-34-18-10-9-15(25)11-17(18)23(32)27-12-13-5-7-14(8-6-13)20-19-21(24(33)29-28-22(19)26)31(30-20)16-3-2-4-16/h5-11,16H,2-4,12H2,1H3,(H2,26,28)(H,27,32)(H,29,33). The van der Waals surface area contributed by atoms with Gasteiger partial charge < -0.3 is 15.8 Å². The molecule has 1 saturated carbocycles. The number of methoxy groups -OCH3 is 1. The van der Waals surface area contributed by atoms with Crippen molar-refractivity contribution in [3.05, 3.63) is 69.8 Å². The second kappa shape index (κ2) is 8.62. The average Bonchev–Trinajstić information content (AvgIpc) is 3.20. The van der Waals surface area contributed by atoms with Crippen molar-refractivity contribution in [1.82, 2.24) is 25.3 Å². The highest BCUT2D eigenvalue weighted by Gasteiger charge is 2.27. The lowest BCUT2D eigenvalue weighted by atomic mass is 9.93. The first-order valence-electron chi connectivity index (χ1n) is 10.9. The van der Waals surface area contributed by atoms with E-state index in [1.807, 2.05) is 24.3 Å². The van der Waals surface area contributed by atoms with Gasteiger partial charge in [-0.3, -0.25) is 14.3 Å². The molecule has 0 radical (unpaired) electrons. The molecule has 0 aliphatic heterocycles. The van der Waals surface area contributed by atoms with Crippen LogP contribution in [0.15, 0.2) is 47.3 Å². The zero-order valence-corrected chi connectivity index (χ0v) is 18.5. The molecule has 4 N–H and O–H groups in total. The lowest BCUT2D eigenvalue weighted by Crippen LogP contribution is -2.23. The van der Waals surface area contributed by atoms with E-state index in [-0.39, 0.29) is 29.5 Å². The summed E-state index contributed by atoms with van der Waals surface area (Å²) in [5, 5.41) is 14.4. The van der Waals surface area contributed by atoms with Crippen LogP contribution in [-0.4, -0.2) is 33.0 Å². The summed E-state index contributed by atoms with van der Waals surface area (Å²) in [6.07, 6.45) is 3.03. The molecule has 0 saturated heterocycles. The summed E-state index contributed by atoms with van der Waals surface area (Å²) in [5.74, 6) is -0.444. The molecule has 0 atom stereocenters. The molecule has 1 aliphatic rings. The van der Waals surface area contributed by atoms with E-state index in [1.54, 1.807) is 4.68 Å². The third-order valence-corrected chi connectivity index (χ3v) is 6.17. The fourth-order valence-electron chi connectivity index (χ4n) is 4.13. The maximum Gasteiger partial charge on any atom is 0.290 e. The number of nitrogens with one attached hydrogen (secondary N) is 2. The number of nitrogen functional groups attached to an aromatic ring is 1. The molecule has 1 aliphatic carbocycles. The highest BCUT2D eigenvalue weighted by Crippen LogP contribution is 2.37. The third kappa shape index (κ3) is 3.76. The number of benzene rings is 2. The first-order chi connectivity index (χ1) is 16.5. The lowest BCUT2D eigenvalue weighted by Gasteiger charge is -2.26. The molecule has 1 amide bonds. The zero-order chi connectivity index (χ0) is 23.8. The first kappa shape index (κ1) is 21.6. The number of aromatic amines is 1. The second-order valence-electron chi connectivity index (χ2n) is 8.26.